The van der Waals surface area contributed by atoms with Crippen LogP contribution in [0.1, 0.15) is 43.0 Å². The predicted octanol–water partition coefficient (Wildman–Crippen LogP) is 3.55. The molecule has 0 atom stereocenters. The summed E-state index contributed by atoms with van der Waals surface area (Å²) in [6, 6.07) is 7.86. The molecule has 1 aromatic carbocycles. The van der Waals surface area contributed by atoms with Gasteiger partial charge >= 0.3 is 0 Å². The second-order valence-corrected chi connectivity index (χ2v) is 6.21. The number of ether oxygens (including phenoxy) is 1. The smallest absolute Gasteiger partial charge is 0.253 e. The SMILES string of the molecule is COc1ccc2ncc(C(=O)N[C@H]3CC[C@H](C)CC3)cc2c1. The van der Waals surface area contributed by atoms with Gasteiger partial charge in [0.05, 0.1) is 18.2 Å². The zero-order valence-electron chi connectivity index (χ0n) is 13.1. The maximum atomic E-state index is 12.4. The Hall–Kier alpha value is -2.10. The van der Waals surface area contributed by atoms with Crippen LogP contribution in [0.5, 0.6) is 5.75 Å². The highest BCUT2D eigenvalue weighted by Gasteiger charge is 2.20. The van der Waals surface area contributed by atoms with Crippen LogP contribution in [0.15, 0.2) is 30.5 Å². The van der Waals surface area contributed by atoms with Crippen LogP contribution >= 0.6 is 0 Å². The lowest BCUT2D eigenvalue weighted by atomic mass is 9.87. The van der Waals surface area contributed by atoms with E-state index in [1.165, 1.54) is 12.8 Å². The normalized spacial score (nSPS) is 21.5. The highest BCUT2D eigenvalue weighted by Crippen LogP contribution is 2.24. The average Bonchev–Trinajstić information content (AvgIpc) is 2.55. The highest BCUT2D eigenvalue weighted by molar-refractivity contribution is 5.97. The van der Waals surface area contributed by atoms with Crippen molar-refractivity contribution in [3.05, 3.63) is 36.0 Å². The number of aromatic nitrogens is 1. The Morgan fingerprint density at radius 1 is 1.23 bits per heavy atom. The Labute approximate surface area is 130 Å². The zero-order chi connectivity index (χ0) is 15.5. The van der Waals surface area contributed by atoms with Crippen LogP contribution in [0.2, 0.25) is 0 Å². The van der Waals surface area contributed by atoms with Crippen molar-refractivity contribution in [2.75, 3.05) is 7.11 Å². The van der Waals surface area contributed by atoms with Gasteiger partial charge in [-0.1, -0.05) is 6.92 Å². The summed E-state index contributed by atoms with van der Waals surface area (Å²) in [7, 11) is 1.63. The van der Waals surface area contributed by atoms with E-state index in [-0.39, 0.29) is 5.91 Å². The minimum atomic E-state index is -0.0308. The van der Waals surface area contributed by atoms with Gasteiger partial charge in [0.1, 0.15) is 5.75 Å². The fourth-order valence-electron chi connectivity index (χ4n) is 3.03. The third-order valence-electron chi connectivity index (χ3n) is 4.50. The fourth-order valence-corrected chi connectivity index (χ4v) is 3.03. The number of hydrogen-bond donors (Lipinski definition) is 1. The summed E-state index contributed by atoms with van der Waals surface area (Å²) in [6.07, 6.45) is 6.18. The largest absolute Gasteiger partial charge is 0.497 e. The molecule has 1 amide bonds. The van der Waals surface area contributed by atoms with Gasteiger partial charge < -0.3 is 10.1 Å². The molecule has 4 heteroatoms. The Bertz CT molecular complexity index is 676. The van der Waals surface area contributed by atoms with E-state index in [2.05, 4.69) is 17.2 Å². The predicted molar refractivity (Wildman–Crippen MR) is 87.2 cm³/mol. The summed E-state index contributed by atoms with van der Waals surface area (Å²) < 4.78 is 5.23. The van der Waals surface area contributed by atoms with Gasteiger partial charge in [-0.3, -0.25) is 9.78 Å². The van der Waals surface area contributed by atoms with Crippen molar-refractivity contribution in [2.45, 2.75) is 38.6 Å². The second-order valence-electron chi connectivity index (χ2n) is 6.21. The topological polar surface area (TPSA) is 51.2 Å². The fraction of sp³-hybridized carbons (Fsp3) is 0.444. The summed E-state index contributed by atoms with van der Waals surface area (Å²) in [4.78, 5) is 16.8. The highest BCUT2D eigenvalue weighted by atomic mass is 16.5. The molecule has 1 aromatic heterocycles. The maximum absolute atomic E-state index is 12.4. The first kappa shape index (κ1) is 14.8. The molecule has 22 heavy (non-hydrogen) atoms. The summed E-state index contributed by atoms with van der Waals surface area (Å²) in [5.41, 5.74) is 1.48. The molecular formula is C18H22N2O2. The molecule has 4 nitrogen and oxygen atoms in total. The molecule has 116 valence electrons. The third-order valence-corrected chi connectivity index (χ3v) is 4.50. The molecule has 0 spiro atoms. The second kappa shape index (κ2) is 6.34. The van der Waals surface area contributed by atoms with E-state index < -0.39 is 0 Å². The third kappa shape index (κ3) is 3.21. The first-order valence-corrected chi connectivity index (χ1v) is 7.90. The Kier molecular flexibility index (Phi) is 4.27. The van der Waals surface area contributed by atoms with Crippen LogP contribution in [-0.4, -0.2) is 24.0 Å². The number of nitrogens with one attached hydrogen (secondary N) is 1. The van der Waals surface area contributed by atoms with Crippen LogP contribution < -0.4 is 10.1 Å². The zero-order valence-corrected chi connectivity index (χ0v) is 13.1. The molecule has 1 saturated carbocycles. The van der Waals surface area contributed by atoms with E-state index in [9.17, 15) is 4.79 Å². The van der Waals surface area contributed by atoms with E-state index in [4.69, 9.17) is 4.74 Å². The summed E-state index contributed by atoms with van der Waals surface area (Å²) in [5.74, 6) is 1.52. The number of pyridine rings is 1. The van der Waals surface area contributed by atoms with Crippen LogP contribution in [0.4, 0.5) is 0 Å². The van der Waals surface area contributed by atoms with Crippen molar-refractivity contribution in [1.82, 2.24) is 10.3 Å². The van der Waals surface area contributed by atoms with Gasteiger partial charge in [-0.05, 0) is 55.9 Å². The molecular weight excluding hydrogens is 276 g/mol. The number of rotatable bonds is 3. The van der Waals surface area contributed by atoms with Gasteiger partial charge in [-0.15, -0.1) is 0 Å². The lowest BCUT2D eigenvalue weighted by Crippen LogP contribution is -2.37. The Morgan fingerprint density at radius 2 is 2.00 bits per heavy atom. The van der Waals surface area contributed by atoms with Crippen molar-refractivity contribution in [1.29, 1.82) is 0 Å². The molecule has 0 radical (unpaired) electrons. The Balaban J connectivity index is 1.75. The molecule has 1 N–H and O–H groups in total. The quantitative estimate of drug-likeness (QED) is 0.942. The number of methoxy groups -OCH3 is 1. The van der Waals surface area contributed by atoms with E-state index in [0.29, 0.717) is 11.6 Å². The molecule has 3 rings (SSSR count). The van der Waals surface area contributed by atoms with Crippen LogP contribution in [-0.2, 0) is 0 Å². The van der Waals surface area contributed by atoms with Crippen molar-refractivity contribution in [3.8, 4) is 5.75 Å². The van der Waals surface area contributed by atoms with Crippen molar-refractivity contribution in [2.24, 2.45) is 5.92 Å². The number of carbonyl (C=O) groups excluding carboxylic acids is 1. The van der Waals surface area contributed by atoms with Gasteiger partial charge in [0.15, 0.2) is 0 Å². The van der Waals surface area contributed by atoms with Gasteiger partial charge in [-0.2, -0.15) is 0 Å². The molecule has 0 saturated heterocycles. The molecule has 1 aliphatic carbocycles. The van der Waals surface area contributed by atoms with Gasteiger partial charge in [0, 0.05) is 17.6 Å². The summed E-state index contributed by atoms with van der Waals surface area (Å²) >= 11 is 0. The van der Waals surface area contributed by atoms with E-state index in [1.54, 1.807) is 13.3 Å². The van der Waals surface area contributed by atoms with Gasteiger partial charge in [-0.25, -0.2) is 0 Å². The molecule has 0 bridgehead atoms. The average molecular weight is 298 g/mol. The van der Waals surface area contributed by atoms with Gasteiger partial charge in [0.2, 0.25) is 0 Å². The van der Waals surface area contributed by atoms with E-state index in [0.717, 1.165) is 35.4 Å². The molecule has 2 aromatic rings. The Morgan fingerprint density at radius 3 is 2.73 bits per heavy atom. The summed E-state index contributed by atoms with van der Waals surface area (Å²) in [6.45, 7) is 2.28. The lowest BCUT2D eigenvalue weighted by Gasteiger charge is -2.26. The monoisotopic (exact) mass is 298 g/mol. The van der Waals surface area contributed by atoms with Crippen molar-refractivity contribution < 1.29 is 9.53 Å². The molecule has 0 unspecified atom stereocenters. The number of amides is 1. The van der Waals surface area contributed by atoms with Crippen LogP contribution in [0, 0.1) is 5.92 Å². The van der Waals surface area contributed by atoms with Crippen LogP contribution in [0.25, 0.3) is 10.9 Å². The maximum Gasteiger partial charge on any atom is 0.253 e. The first-order valence-electron chi connectivity index (χ1n) is 7.90. The van der Waals surface area contributed by atoms with Crippen molar-refractivity contribution >= 4 is 16.8 Å². The lowest BCUT2D eigenvalue weighted by molar-refractivity contribution is 0.0923. The number of fused-ring (bicyclic) bond motifs is 1. The number of hydrogen-bond acceptors (Lipinski definition) is 3. The number of carbonyl (C=O) groups is 1. The minimum Gasteiger partial charge on any atom is -0.497 e. The molecule has 0 aliphatic heterocycles. The van der Waals surface area contributed by atoms with E-state index in [1.807, 2.05) is 24.3 Å². The standard InChI is InChI=1S/C18H22N2O2/c1-12-3-5-15(6-4-12)20-18(21)14-9-13-10-16(22-2)7-8-17(13)19-11-14/h7-12,15H,3-6H2,1-2H3,(H,20,21)/t12-,15-. The van der Waals surface area contributed by atoms with Crippen LogP contribution in [0.3, 0.4) is 0 Å². The minimum absolute atomic E-state index is 0.0308. The molecule has 1 heterocycles. The number of benzene rings is 1. The molecule has 1 fully saturated rings. The molecule has 1 aliphatic rings. The van der Waals surface area contributed by atoms with E-state index >= 15 is 0 Å². The first-order chi connectivity index (χ1) is 10.7. The van der Waals surface area contributed by atoms with Crippen molar-refractivity contribution in [3.63, 3.8) is 0 Å². The number of nitrogens with zero attached hydrogens (tertiary/aromatic N) is 1. The van der Waals surface area contributed by atoms with Gasteiger partial charge in [0.25, 0.3) is 5.91 Å². The summed E-state index contributed by atoms with van der Waals surface area (Å²) in [5, 5.41) is 4.06.